The molecule has 0 radical (unpaired) electrons. The summed E-state index contributed by atoms with van der Waals surface area (Å²) in [6, 6.07) is 9.02. The summed E-state index contributed by atoms with van der Waals surface area (Å²) in [6.45, 7) is 7.59. The fraction of sp³-hybridized carbons (Fsp3) is 0.300. The maximum atomic E-state index is 12.7. The van der Waals surface area contributed by atoms with Crippen molar-refractivity contribution in [1.82, 2.24) is 19.7 Å². The van der Waals surface area contributed by atoms with Crippen molar-refractivity contribution < 1.29 is 9.90 Å². The van der Waals surface area contributed by atoms with Gasteiger partial charge in [0.1, 0.15) is 11.6 Å². The second kappa shape index (κ2) is 6.94. The molecule has 3 heterocycles. The molecule has 0 bridgehead atoms. The fourth-order valence-electron chi connectivity index (χ4n) is 3.41. The van der Waals surface area contributed by atoms with Gasteiger partial charge in [-0.25, -0.2) is 9.97 Å². The predicted octanol–water partition coefficient (Wildman–Crippen LogP) is 3.46. The Labute approximate surface area is 167 Å². The van der Waals surface area contributed by atoms with E-state index in [1.165, 1.54) is 11.8 Å². The third-order valence-electron chi connectivity index (χ3n) is 4.65. The van der Waals surface area contributed by atoms with Crippen LogP contribution in [0.2, 0.25) is 0 Å². The van der Waals surface area contributed by atoms with Crippen LogP contribution in [0, 0.1) is 20.8 Å². The lowest BCUT2D eigenvalue weighted by Crippen LogP contribution is -2.23. The second-order valence-electron chi connectivity index (χ2n) is 6.95. The number of aromatic nitrogens is 4. The van der Waals surface area contributed by atoms with Gasteiger partial charge in [0.2, 0.25) is 5.91 Å². The molecule has 7 nitrogen and oxygen atoms in total. The number of thioether (sulfide) groups is 1. The number of phenolic OH excluding ortho intramolecular Hbond substituents is 1. The lowest BCUT2D eigenvalue weighted by Gasteiger charge is -2.17. The number of carbonyl (C=O) groups excluding carboxylic acids is 1. The van der Waals surface area contributed by atoms with Gasteiger partial charge in [0.05, 0.1) is 16.2 Å². The molecular weight excluding hydrogens is 374 g/mol. The number of aromatic hydroxyl groups is 1. The highest BCUT2D eigenvalue weighted by atomic mass is 32.2. The van der Waals surface area contributed by atoms with Crippen LogP contribution in [0.3, 0.4) is 0 Å². The summed E-state index contributed by atoms with van der Waals surface area (Å²) in [5.74, 6) is 1.10. The molecule has 1 amide bonds. The van der Waals surface area contributed by atoms with Crippen LogP contribution >= 0.6 is 11.8 Å². The lowest BCUT2D eigenvalue weighted by molar-refractivity contribution is -0.115. The Morgan fingerprint density at radius 1 is 1.14 bits per heavy atom. The van der Waals surface area contributed by atoms with Crippen LogP contribution in [0.4, 0.5) is 5.82 Å². The van der Waals surface area contributed by atoms with Gasteiger partial charge in [-0.05, 0) is 51.5 Å². The number of hydrogen-bond acceptors (Lipinski definition) is 6. The summed E-state index contributed by atoms with van der Waals surface area (Å²) in [6.07, 6.45) is 0. The zero-order valence-electron chi connectivity index (χ0n) is 16.1. The van der Waals surface area contributed by atoms with Crippen LogP contribution in [0.15, 0.2) is 30.3 Å². The molecule has 28 heavy (non-hydrogen) atoms. The third-order valence-corrected chi connectivity index (χ3v) is 6.06. The number of carbonyl (C=O) groups is 1. The summed E-state index contributed by atoms with van der Waals surface area (Å²) in [7, 11) is 0. The molecule has 0 fully saturated rings. The van der Waals surface area contributed by atoms with Gasteiger partial charge in [-0.15, -0.1) is 11.8 Å². The first-order valence-electron chi connectivity index (χ1n) is 9.01. The molecule has 2 N–H and O–H groups in total. The minimum Gasteiger partial charge on any atom is -0.508 e. The number of fused-ring (bicyclic) bond motifs is 1. The van der Waals surface area contributed by atoms with E-state index >= 15 is 0 Å². The number of nitrogens with one attached hydrogen (secondary N) is 1. The molecule has 0 spiro atoms. The van der Waals surface area contributed by atoms with E-state index in [1.54, 1.807) is 16.8 Å². The summed E-state index contributed by atoms with van der Waals surface area (Å²) in [5.41, 5.74) is 4.26. The average molecular weight is 395 g/mol. The Morgan fingerprint density at radius 3 is 2.54 bits per heavy atom. The largest absolute Gasteiger partial charge is 0.508 e. The number of hydrogen-bond donors (Lipinski definition) is 2. The van der Waals surface area contributed by atoms with Gasteiger partial charge in [-0.2, -0.15) is 9.78 Å². The topological polar surface area (TPSA) is 92.9 Å². The molecule has 1 aromatic carbocycles. The van der Waals surface area contributed by atoms with Gasteiger partial charge in [-0.1, -0.05) is 12.1 Å². The Hall–Kier alpha value is -2.87. The van der Waals surface area contributed by atoms with Crippen LogP contribution in [-0.4, -0.2) is 36.0 Å². The third kappa shape index (κ3) is 3.24. The standard InChI is InChI=1S/C20H21N5O2S/c1-10-8-11(2)22-20(21-10)25-18-16(12(3)24-25)17(28-13(4)19(27)23-18)14-6-5-7-15(26)9-14/h5-9,13,17,26H,1-4H3,(H,23,27). The Balaban J connectivity index is 1.94. The van der Waals surface area contributed by atoms with E-state index in [1.807, 2.05) is 45.9 Å². The number of benzene rings is 1. The Bertz CT molecular complexity index is 1060. The Morgan fingerprint density at radius 2 is 1.86 bits per heavy atom. The number of aryl methyl sites for hydroxylation is 3. The van der Waals surface area contributed by atoms with Crippen LogP contribution in [-0.2, 0) is 4.79 Å². The molecule has 8 heteroatoms. The Kier molecular flexibility index (Phi) is 4.58. The first-order chi connectivity index (χ1) is 13.3. The second-order valence-corrected chi connectivity index (χ2v) is 8.40. The monoisotopic (exact) mass is 395 g/mol. The molecule has 2 unspecified atom stereocenters. The average Bonchev–Trinajstić information content (AvgIpc) is 2.87. The number of amides is 1. The van der Waals surface area contributed by atoms with Crippen molar-refractivity contribution >= 4 is 23.5 Å². The quantitative estimate of drug-likeness (QED) is 0.690. The van der Waals surface area contributed by atoms with Crippen LogP contribution in [0.25, 0.3) is 5.95 Å². The first-order valence-corrected chi connectivity index (χ1v) is 9.95. The number of phenols is 1. The summed E-state index contributed by atoms with van der Waals surface area (Å²) in [4.78, 5) is 21.7. The van der Waals surface area contributed by atoms with Crippen molar-refractivity contribution in [3.05, 3.63) is 58.5 Å². The lowest BCUT2D eigenvalue weighted by atomic mass is 10.0. The molecule has 1 aliphatic rings. The van der Waals surface area contributed by atoms with Gasteiger partial charge < -0.3 is 10.4 Å². The summed E-state index contributed by atoms with van der Waals surface area (Å²) >= 11 is 1.53. The maximum absolute atomic E-state index is 12.7. The van der Waals surface area contributed by atoms with Gasteiger partial charge in [0.15, 0.2) is 0 Å². The fourth-order valence-corrected chi connectivity index (χ4v) is 4.72. The minimum absolute atomic E-state index is 0.0978. The highest BCUT2D eigenvalue weighted by molar-refractivity contribution is 8.01. The maximum Gasteiger partial charge on any atom is 0.252 e. The molecule has 3 aromatic rings. The van der Waals surface area contributed by atoms with E-state index in [0.29, 0.717) is 11.8 Å². The van der Waals surface area contributed by atoms with Crippen molar-refractivity contribution in [2.24, 2.45) is 0 Å². The summed E-state index contributed by atoms with van der Waals surface area (Å²) < 4.78 is 1.61. The van der Waals surface area contributed by atoms with E-state index in [2.05, 4.69) is 20.4 Å². The SMILES string of the molecule is Cc1cc(C)nc(-n2nc(C)c3c2NC(=O)C(C)SC3c2cccc(O)c2)n1. The van der Waals surface area contributed by atoms with Crippen LogP contribution < -0.4 is 5.32 Å². The van der Waals surface area contributed by atoms with Gasteiger partial charge in [-0.3, -0.25) is 4.79 Å². The smallest absolute Gasteiger partial charge is 0.252 e. The highest BCUT2D eigenvalue weighted by Crippen LogP contribution is 2.46. The zero-order chi connectivity index (χ0) is 20.0. The number of rotatable bonds is 2. The molecule has 0 aliphatic carbocycles. The minimum atomic E-state index is -0.271. The van der Waals surface area contributed by atoms with Gasteiger partial charge >= 0.3 is 0 Å². The van der Waals surface area contributed by atoms with E-state index < -0.39 is 0 Å². The van der Waals surface area contributed by atoms with Crippen molar-refractivity contribution in [3.8, 4) is 11.7 Å². The van der Waals surface area contributed by atoms with Gasteiger partial charge in [0.25, 0.3) is 5.95 Å². The van der Waals surface area contributed by atoms with Crippen molar-refractivity contribution in [2.45, 2.75) is 38.2 Å². The molecule has 4 rings (SSSR count). The predicted molar refractivity (Wildman–Crippen MR) is 109 cm³/mol. The molecule has 2 aromatic heterocycles. The number of nitrogens with zero attached hydrogens (tertiary/aromatic N) is 4. The molecule has 1 aliphatic heterocycles. The van der Waals surface area contributed by atoms with Crippen LogP contribution in [0.1, 0.15) is 40.4 Å². The highest BCUT2D eigenvalue weighted by Gasteiger charge is 2.34. The first kappa shape index (κ1) is 18.5. The molecule has 144 valence electrons. The van der Waals surface area contributed by atoms with Crippen molar-refractivity contribution in [2.75, 3.05) is 5.32 Å². The normalized spacial score (nSPS) is 19.1. The molecule has 2 atom stereocenters. The molecular formula is C20H21N5O2S. The number of anilines is 1. The van der Waals surface area contributed by atoms with E-state index in [4.69, 9.17) is 0 Å². The molecule has 0 saturated heterocycles. The van der Waals surface area contributed by atoms with Gasteiger partial charge in [0, 0.05) is 17.0 Å². The van der Waals surface area contributed by atoms with E-state index in [-0.39, 0.29) is 22.2 Å². The summed E-state index contributed by atoms with van der Waals surface area (Å²) in [5, 5.41) is 17.2. The van der Waals surface area contributed by atoms with E-state index in [9.17, 15) is 9.90 Å². The molecule has 0 saturated carbocycles. The zero-order valence-corrected chi connectivity index (χ0v) is 16.9. The van der Waals surface area contributed by atoms with Crippen molar-refractivity contribution in [3.63, 3.8) is 0 Å². The van der Waals surface area contributed by atoms with Crippen molar-refractivity contribution in [1.29, 1.82) is 0 Å². The van der Waals surface area contributed by atoms with E-state index in [0.717, 1.165) is 28.2 Å². The van der Waals surface area contributed by atoms with Crippen LogP contribution in [0.5, 0.6) is 5.75 Å².